The van der Waals surface area contributed by atoms with Crippen molar-refractivity contribution in [3.63, 3.8) is 0 Å². The lowest BCUT2D eigenvalue weighted by Crippen LogP contribution is -2.40. The smallest absolute Gasteiger partial charge is 0.358 e. The van der Waals surface area contributed by atoms with Crippen molar-refractivity contribution in [1.82, 2.24) is 25.2 Å². The Kier molecular flexibility index (Phi) is 6.60. The Morgan fingerprint density at radius 2 is 2.24 bits per heavy atom. The number of amides is 2. The van der Waals surface area contributed by atoms with Gasteiger partial charge < -0.3 is 20.1 Å². The first kappa shape index (κ1) is 16.9. The van der Waals surface area contributed by atoms with E-state index in [0.29, 0.717) is 26.2 Å². The third kappa shape index (κ3) is 6.21. The van der Waals surface area contributed by atoms with E-state index in [-0.39, 0.29) is 17.8 Å². The van der Waals surface area contributed by atoms with Gasteiger partial charge in [0, 0.05) is 20.1 Å². The number of urea groups is 1. The van der Waals surface area contributed by atoms with Gasteiger partial charge in [-0.2, -0.15) is 0 Å². The second-order valence-electron chi connectivity index (χ2n) is 4.75. The molecule has 0 spiro atoms. The van der Waals surface area contributed by atoms with Gasteiger partial charge in [0.1, 0.15) is 0 Å². The molecule has 0 aliphatic heterocycles. The zero-order chi connectivity index (χ0) is 15.8. The van der Waals surface area contributed by atoms with Crippen LogP contribution in [0.25, 0.3) is 0 Å². The summed E-state index contributed by atoms with van der Waals surface area (Å²) in [5, 5.41) is 18.5. The summed E-state index contributed by atoms with van der Waals surface area (Å²) in [6.07, 6.45) is 1.45. The lowest BCUT2D eigenvalue weighted by atomic mass is 10.5. The second-order valence-corrected chi connectivity index (χ2v) is 4.75. The molecule has 21 heavy (non-hydrogen) atoms. The van der Waals surface area contributed by atoms with Crippen molar-refractivity contribution >= 4 is 12.0 Å². The number of carbonyl (C=O) groups is 2. The zero-order valence-electron chi connectivity index (χ0n) is 12.4. The molecule has 2 N–H and O–H groups in total. The Bertz CT molecular complexity index is 474. The third-order valence-corrected chi connectivity index (χ3v) is 2.60. The molecule has 0 saturated carbocycles. The summed E-state index contributed by atoms with van der Waals surface area (Å²) in [5.74, 6) is -1.13. The molecule has 1 aromatic heterocycles. The molecule has 1 aromatic rings. The van der Waals surface area contributed by atoms with Gasteiger partial charge in [-0.1, -0.05) is 5.21 Å². The summed E-state index contributed by atoms with van der Waals surface area (Å²) < 4.78 is 6.73. The zero-order valence-corrected chi connectivity index (χ0v) is 12.4. The summed E-state index contributed by atoms with van der Waals surface area (Å²) in [7, 11) is 1.68. The molecule has 0 aliphatic rings. The van der Waals surface area contributed by atoms with Crippen LogP contribution in [0.3, 0.4) is 0 Å². The van der Waals surface area contributed by atoms with E-state index in [1.54, 1.807) is 7.05 Å². The minimum absolute atomic E-state index is 0.121. The number of carboxylic acids is 1. The predicted octanol–water partition coefficient (Wildman–Crippen LogP) is 0.0427. The summed E-state index contributed by atoms with van der Waals surface area (Å²) in [6, 6.07) is -0.221. The molecule has 9 nitrogen and oxygen atoms in total. The van der Waals surface area contributed by atoms with E-state index in [4.69, 9.17) is 9.84 Å². The molecular weight excluding hydrogens is 278 g/mol. The van der Waals surface area contributed by atoms with E-state index in [0.717, 1.165) is 0 Å². The minimum atomic E-state index is -1.13. The lowest BCUT2D eigenvalue weighted by molar-refractivity contribution is 0.0680. The van der Waals surface area contributed by atoms with E-state index in [1.807, 2.05) is 13.8 Å². The fourth-order valence-electron chi connectivity index (χ4n) is 1.44. The van der Waals surface area contributed by atoms with Crippen LogP contribution in [0.5, 0.6) is 0 Å². The first-order valence-corrected chi connectivity index (χ1v) is 6.64. The fraction of sp³-hybridized carbons (Fsp3) is 0.667. The Hall–Kier alpha value is -2.16. The molecule has 0 aliphatic carbocycles. The van der Waals surface area contributed by atoms with Gasteiger partial charge in [-0.25, -0.2) is 14.3 Å². The highest BCUT2D eigenvalue weighted by Gasteiger charge is 2.10. The topological polar surface area (TPSA) is 110 Å². The number of rotatable bonds is 8. The Balaban J connectivity index is 2.24. The van der Waals surface area contributed by atoms with E-state index in [9.17, 15) is 9.59 Å². The predicted molar refractivity (Wildman–Crippen MR) is 74.1 cm³/mol. The van der Waals surface area contributed by atoms with Crippen molar-refractivity contribution < 1.29 is 19.4 Å². The summed E-state index contributed by atoms with van der Waals surface area (Å²) in [5.41, 5.74) is -0.121. The SMILES string of the molecule is CC(C)OCCN(C)C(=O)NCCn1cc(C(=O)O)nn1. The number of nitrogens with one attached hydrogen (secondary N) is 1. The number of ether oxygens (including phenoxy) is 1. The van der Waals surface area contributed by atoms with E-state index in [1.165, 1.54) is 15.8 Å². The molecule has 0 bridgehead atoms. The van der Waals surface area contributed by atoms with Crippen LogP contribution in [-0.2, 0) is 11.3 Å². The van der Waals surface area contributed by atoms with Crippen molar-refractivity contribution in [1.29, 1.82) is 0 Å². The Labute approximate surface area is 122 Å². The number of carbonyl (C=O) groups excluding carboxylic acids is 1. The van der Waals surface area contributed by atoms with Crippen molar-refractivity contribution in [2.75, 3.05) is 26.7 Å². The molecule has 0 radical (unpaired) electrons. The molecule has 2 amide bonds. The summed E-state index contributed by atoms with van der Waals surface area (Å²) >= 11 is 0. The van der Waals surface area contributed by atoms with Gasteiger partial charge in [0.2, 0.25) is 0 Å². The maximum Gasteiger partial charge on any atom is 0.358 e. The van der Waals surface area contributed by atoms with Crippen LogP contribution in [0.15, 0.2) is 6.20 Å². The third-order valence-electron chi connectivity index (χ3n) is 2.60. The van der Waals surface area contributed by atoms with E-state index in [2.05, 4.69) is 15.6 Å². The quantitative estimate of drug-likeness (QED) is 0.701. The van der Waals surface area contributed by atoms with Crippen LogP contribution in [0.2, 0.25) is 0 Å². The van der Waals surface area contributed by atoms with Crippen LogP contribution < -0.4 is 5.32 Å². The van der Waals surface area contributed by atoms with Crippen LogP contribution in [0.1, 0.15) is 24.3 Å². The molecule has 0 fully saturated rings. The van der Waals surface area contributed by atoms with Crippen LogP contribution in [0, 0.1) is 0 Å². The van der Waals surface area contributed by atoms with Gasteiger partial charge in [-0.3, -0.25) is 0 Å². The Morgan fingerprint density at radius 1 is 1.52 bits per heavy atom. The second kappa shape index (κ2) is 8.20. The monoisotopic (exact) mass is 299 g/mol. The molecule has 1 heterocycles. The maximum absolute atomic E-state index is 11.7. The van der Waals surface area contributed by atoms with Gasteiger partial charge in [0.25, 0.3) is 0 Å². The standard InChI is InChI=1S/C12H21N5O4/c1-9(2)21-7-6-16(3)12(20)13-4-5-17-8-10(11(18)19)14-15-17/h8-9H,4-7H2,1-3H3,(H,13,20)(H,18,19). The van der Waals surface area contributed by atoms with Crippen molar-refractivity contribution in [2.45, 2.75) is 26.5 Å². The summed E-state index contributed by atoms with van der Waals surface area (Å²) in [4.78, 5) is 23.9. The highest BCUT2D eigenvalue weighted by molar-refractivity contribution is 5.84. The fourth-order valence-corrected chi connectivity index (χ4v) is 1.44. The highest BCUT2D eigenvalue weighted by Crippen LogP contribution is 1.93. The Morgan fingerprint density at radius 3 is 2.81 bits per heavy atom. The summed E-state index contributed by atoms with van der Waals surface area (Å²) in [6.45, 7) is 5.52. The van der Waals surface area contributed by atoms with Crippen LogP contribution in [0.4, 0.5) is 4.79 Å². The molecule has 0 unspecified atom stereocenters. The number of hydrogen-bond donors (Lipinski definition) is 2. The van der Waals surface area contributed by atoms with Crippen molar-refractivity contribution in [3.05, 3.63) is 11.9 Å². The average molecular weight is 299 g/mol. The van der Waals surface area contributed by atoms with Crippen molar-refractivity contribution in [3.8, 4) is 0 Å². The van der Waals surface area contributed by atoms with Gasteiger partial charge in [0.05, 0.1) is 25.5 Å². The number of carboxylic acid groups (broad SMARTS) is 1. The number of likely N-dealkylation sites (N-methyl/N-ethyl adjacent to an activating group) is 1. The molecule has 118 valence electrons. The number of hydrogen-bond acceptors (Lipinski definition) is 5. The minimum Gasteiger partial charge on any atom is -0.476 e. The first-order valence-electron chi connectivity index (χ1n) is 6.64. The molecule has 0 aromatic carbocycles. The maximum atomic E-state index is 11.7. The number of nitrogens with zero attached hydrogens (tertiary/aromatic N) is 4. The van der Waals surface area contributed by atoms with Crippen molar-refractivity contribution in [2.24, 2.45) is 0 Å². The number of aromatic nitrogens is 3. The van der Waals surface area contributed by atoms with Crippen LogP contribution in [-0.4, -0.2) is 69.8 Å². The van der Waals surface area contributed by atoms with Crippen LogP contribution >= 0.6 is 0 Å². The molecule has 0 saturated heterocycles. The molecule has 9 heteroatoms. The van der Waals surface area contributed by atoms with Gasteiger partial charge >= 0.3 is 12.0 Å². The molecule has 1 rings (SSSR count). The van der Waals surface area contributed by atoms with Gasteiger partial charge in [-0.05, 0) is 13.8 Å². The number of aromatic carboxylic acids is 1. The first-order chi connectivity index (χ1) is 9.90. The molecular formula is C12H21N5O4. The van der Waals surface area contributed by atoms with Gasteiger partial charge in [0.15, 0.2) is 5.69 Å². The van der Waals surface area contributed by atoms with E-state index >= 15 is 0 Å². The van der Waals surface area contributed by atoms with Gasteiger partial charge in [-0.15, -0.1) is 5.10 Å². The van der Waals surface area contributed by atoms with E-state index < -0.39 is 5.97 Å². The largest absolute Gasteiger partial charge is 0.476 e. The molecule has 0 atom stereocenters. The lowest BCUT2D eigenvalue weighted by Gasteiger charge is -2.18. The highest BCUT2D eigenvalue weighted by atomic mass is 16.5. The normalized spacial score (nSPS) is 10.7. The average Bonchev–Trinajstić information content (AvgIpc) is 2.87.